The smallest absolute Gasteiger partial charge is 0.457 e. The van der Waals surface area contributed by atoms with Crippen LogP contribution in [0.1, 0.15) is 73.1 Å². The van der Waals surface area contributed by atoms with Crippen molar-refractivity contribution in [1.82, 2.24) is 0 Å². The highest BCUT2D eigenvalue weighted by Gasteiger charge is 2.78. The Hall–Kier alpha value is -2.62. The Balaban J connectivity index is 1.79. The number of esters is 1. The molecule has 3 fully saturated rings. The lowest BCUT2D eigenvalue weighted by molar-refractivity contribution is -0.226. The minimum absolute atomic E-state index is 0.00276. The molecule has 0 saturated heterocycles. The summed E-state index contributed by atoms with van der Waals surface area (Å²) in [6, 6.07) is 0. The first-order chi connectivity index (χ1) is 18.7. The highest BCUT2D eigenvalue weighted by atomic mass is 19.1. The quantitative estimate of drug-likeness (QED) is 0.330. The molecule has 3 saturated carbocycles. The van der Waals surface area contributed by atoms with E-state index in [1.807, 2.05) is 6.92 Å². The summed E-state index contributed by atoms with van der Waals surface area (Å²) in [7, 11) is 0. The molecule has 4 aliphatic rings. The molecule has 4 aliphatic carbocycles. The van der Waals surface area contributed by atoms with Gasteiger partial charge in [-0.2, -0.15) is 0 Å². The molecule has 9 atom stereocenters. The van der Waals surface area contributed by atoms with E-state index in [-0.39, 0.29) is 37.9 Å². The van der Waals surface area contributed by atoms with Crippen LogP contribution in [0.3, 0.4) is 0 Å². The van der Waals surface area contributed by atoms with Crippen molar-refractivity contribution in [2.45, 2.75) is 96.7 Å². The molecule has 0 radical (unpaired) electrons. The van der Waals surface area contributed by atoms with E-state index < -0.39 is 82.4 Å². The van der Waals surface area contributed by atoms with Crippen molar-refractivity contribution in [1.29, 1.82) is 0 Å². The number of alkyl halides is 2. The minimum atomic E-state index is -2.35. The third-order valence-electron chi connectivity index (χ3n) is 10.2. The minimum Gasteiger partial charge on any atom is -0.457 e. The number of hydrogen-bond acceptors (Lipinski definition) is 8. The van der Waals surface area contributed by atoms with Crippen molar-refractivity contribution in [3.05, 3.63) is 23.8 Å². The van der Waals surface area contributed by atoms with Crippen LogP contribution in [0.5, 0.6) is 0 Å². The maximum absolute atomic E-state index is 17.5. The fourth-order valence-corrected chi connectivity index (χ4v) is 8.21. The first kappa shape index (κ1) is 30.3. The number of hydrogen-bond donors (Lipinski definition) is 1. The van der Waals surface area contributed by atoms with Gasteiger partial charge in [0.15, 0.2) is 23.7 Å². The van der Waals surface area contributed by atoms with E-state index in [1.165, 1.54) is 19.1 Å². The molecular formula is C30H40F2O8. The summed E-state index contributed by atoms with van der Waals surface area (Å²) in [5.74, 6) is -4.19. The van der Waals surface area contributed by atoms with Gasteiger partial charge in [-0.25, -0.2) is 13.6 Å². The first-order valence-electron chi connectivity index (χ1n) is 14.2. The molecule has 0 unspecified atom stereocenters. The number of carbonyl (C=O) groups is 4. The Morgan fingerprint density at radius 2 is 1.82 bits per heavy atom. The van der Waals surface area contributed by atoms with Gasteiger partial charge in [-0.15, -0.1) is 0 Å². The molecule has 40 heavy (non-hydrogen) atoms. The molecule has 0 bridgehead atoms. The average molecular weight is 567 g/mol. The molecule has 0 amide bonds. The Labute approximate surface area is 233 Å². The average Bonchev–Trinajstić information content (AvgIpc) is 3.12. The number of aliphatic hydroxyl groups is 1. The topological polar surface area (TPSA) is 116 Å². The molecule has 0 spiro atoms. The van der Waals surface area contributed by atoms with Gasteiger partial charge < -0.3 is 19.3 Å². The Morgan fingerprint density at radius 1 is 1.12 bits per heavy atom. The van der Waals surface area contributed by atoms with E-state index >= 15 is 8.78 Å². The van der Waals surface area contributed by atoms with Gasteiger partial charge in [0, 0.05) is 29.1 Å². The molecule has 0 aromatic rings. The third kappa shape index (κ3) is 4.23. The van der Waals surface area contributed by atoms with Crippen molar-refractivity contribution < 1.29 is 47.3 Å². The molecule has 0 aromatic heterocycles. The molecule has 4 rings (SSSR count). The van der Waals surface area contributed by atoms with Crippen molar-refractivity contribution in [2.24, 2.45) is 28.6 Å². The summed E-state index contributed by atoms with van der Waals surface area (Å²) in [4.78, 5) is 50.9. The van der Waals surface area contributed by atoms with Gasteiger partial charge >= 0.3 is 12.1 Å². The standard InChI is InChI=1S/C30H40F2O8/c1-6-8-11-38-26(37)40-30(24(35)16-39-25(36)7-2)17(3)12-19-20-14-22(31)21-13-18(33)9-10-27(21,4)29(20,32)23(34)15-28(19,30)5/h9-10,13,17,19-20,22-23,34H,6-8,11-12,14-16H2,1-5H3/t17-,19+,20+,22+,23+,27+,28+,29+,30+/m1/s1. The monoisotopic (exact) mass is 566 g/mol. The summed E-state index contributed by atoms with van der Waals surface area (Å²) in [6.45, 7) is 7.73. The summed E-state index contributed by atoms with van der Waals surface area (Å²) in [6.07, 6.45) is 0.212. The lowest BCUT2D eigenvalue weighted by atomic mass is 9.44. The zero-order valence-corrected chi connectivity index (χ0v) is 23.8. The summed E-state index contributed by atoms with van der Waals surface area (Å²) >= 11 is 0. The van der Waals surface area contributed by atoms with Crippen molar-refractivity contribution in [3.8, 4) is 0 Å². The number of halogens is 2. The van der Waals surface area contributed by atoms with Gasteiger partial charge in [-0.1, -0.05) is 40.2 Å². The molecular weight excluding hydrogens is 526 g/mol. The Bertz CT molecular complexity index is 1130. The van der Waals surface area contributed by atoms with E-state index in [1.54, 1.807) is 20.8 Å². The van der Waals surface area contributed by atoms with Crippen LogP contribution in [0, 0.1) is 28.6 Å². The van der Waals surface area contributed by atoms with Crippen LogP contribution < -0.4 is 0 Å². The van der Waals surface area contributed by atoms with Crippen LogP contribution in [0.25, 0.3) is 0 Å². The second-order valence-electron chi connectivity index (χ2n) is 12.2. The van der Waals surface area contributed by atoms with Crippen molar-refractivity contribution in [2.75, 3.05) is 13.2 Å². The van der Waals surface area contributed by atoms with Crippen LogP contribution in [-0.4, -0.2) is 65.6 Å². The van der Waals surface area contributed by atoms with E-state index in [4.69, 9.17) is 14.2 Å². The van der Waals surface area contributed by atoms with Gasteiger partial charge in [0.25, 0.3) is 0 Å². The summed E-state index contributed by atoms with van der Waals surface area (Å²) in [5.41, 5.74) is -7.19. The number of rotatable bonds is 8. The number of carbonyl (C=O) groups excluding carboxylic acids is 4. The van der Waals surface area contributed by atoms with Gasteiger partial charge in [0.05, 0.1) is 12.7 Å². The largest absolute Gasteiger partial charge is 0.509 e. The maximum Gasteiger partial charge on any atom is 0.509 e. The third-order valence-corrected chi connectivity index (χ3v) is 10.2. The van der Waals surface area contributed by atoms with Crippen LogP contribution >= 0.6 is 0 Å². The normalized spacial score (nSPS) is 41.8. The molecule has 8 nitrogen and oxygen atoms in total. The van der Waals surface area contributed by atoms with E-state index in [9.17, 15) is 24.3 Å². The van der Waals surface area contributed by atoms with Gasteiger partial charge in [0.2, 0.25) is 5.78 Å². The Morgan fingerprint density at radius 3 is 2.48 bits per heavy atom. The molecule has 10 heteroatoms. The van der Waals surface area contributed by atoms with E-state index in [0.717, 1.165) is 12.5 Å². The maximum atomic E-state index is 17.5. The number of Topliss-reactive ketones (excluding diaryl/α,β-unsaturated/α-hetero) is 1. The van der Waals surface area contributed by atoms with Gasteiger partial charge in [0.1, 0.15) is 6.17 Å². The van der Waals surface area contributed by atoms with Crippen LogP contribution in [0.15, 0.2) is 23.8 Å². The second-order valence-corrected chi connectivity index (χ2v) is 12.2. The predicted octanol–water partition coefficient (Wildman–Crippen LogP) is 4.77. The lowest BCUT2D eigenvalue weighted by Gasteiger charge is -2.63. The van der Waals surface area contributed by atoms with Crippen LogP contribution in [0.2, 0.25) is 0 Å². The molecule has 222 valence electrons. The number of aliphatic hydroxyl groups excluding tert-OH is 1. The van der Waals surface area contributed by atoms with Crippen LogP contribution in [-0.2, 0) is 28.6 Å². The van der Waals surface area contributed by atoms with Gasteiger partial charge in [-0.05, 0) is 56.3 Å². The molecule has 0 heterocycles. The van der Waals surface area contributed by atoms with E-state index in [0.29, 0.717) is 6.42 Å². The molecule has 1 N–H and O–H groups in total. The van der Waals surface area contributed by atoms with E-state index in [2.05, 4.69) is 0 Å². The SMILES string of the molecule is CCCCOC(=O)O[C@]1(C(=O)COC(=O)CC)[C@H](C)C[C@H]2[C@@H]3C[C@H](F)C4=CC(=O)C=C[C@]4(C)[C@@]3(F)[C@@H](O)C[C@@]21C. The van der Waals surface area contributed by atoms with Gasteiger partial charge in [-0.3, -0.25) is 14.4 Å². The number of ether oxygens (including phenoxy) is 3. The first-order valence-corrected chi connectivity index (χ1v) is 14.2. The molecule has 0 aromatic carbocycles. The summed E-state index contributed by atoms with van der Waals surface area (Å²) < 4.78 is 49.5. The van der Waals surface area contributed by atoms with Crippen LogP contribution in [0.4, 0.5) is 13.6 Å². The van der Waals surface area contributed by atoms with Crippen molar-refractivity contribution in [3.63, 3.8) is 0 Å². The second kappa shape index (κ2) is 10.7. The fourth-order valence-electron chi connectivity index (χ4n) is 8.21. The zero-order chi connectivity index (χ0) is 29.7. The Kier molecular flexibility index (Phi) is 8.08. The zero-order valence-electron chi connectivity index (χ0n) is 23.8. The van der Waals surface area contributed by atoms with Crippen molar-refractivity contribution >= 4 is 23.7 Å². The highest BCUT2D eigenvalue weighted by molar-refractivity contribution is 6.01. The fraction of sp³-hybridized carbons (Fsp3) is 0.733. The number of ketones is 2. The number of fused-ring (bicyclic) bond motifs is 5. The summed E-state index contributed by atoms with van der Waals surface area (Å²) in [5, 5.41) is 11.6. The number of unbranched alkanes of at least 4 members (excludes halogenated alkanes) is 1. The lowest BCUT2D eigenvalue weighted by Crippen LogP contribution is -2.71. The highest BCUT2D eigenvalue weighted by Crippen LogP contribution is 2.71. The molecule has 0 aliphatic heterocycles. The predicted molar refractivity (Wildman–Crippen MR) is 140 cm³/mol. The number of allylic oxidation sites excluding steroid dienone is 4.